The van der Waals surface area contributed by atoms with E-state index in [-0.39, 0.29) is 6.04 Å². The summed E-state index contributed by atoms with van der Waals surface area (Å²) in [6.45, 7) is 6.70. The van der Waals surface area contributed by atoms with E-state index in [2.05, 4.69) is 22.2 Å². The quantitative estimate of drug-likeness (QED) is 0.898. The summed E-state index contributed by atoms with van der Waals surface area (Å²) >= 11 is 1.66. The Morgan fingerprint density at radius 2 is 2.28 bits per heavy atom. The minimum absolute atomic E-state index is 0.195. The standard InChI is InChI=1S/C13H17N3OS/c1-4-17-13-11(6-5-7-14-13)16-10(3)12-9(2)15-8-18-12/h5-8,10,16H,4H2,1-3H3. The first-order chi connectivity index (χ1) is 8.72. The van der Waals surface area contributed by atoms with E-state index >= 15 is 0 Å². The van der Waals surface area contributed by atoms with Crippen molar-refractivity contribution in [2.45, 2.75) is 26.8 Å². The Kier molecular flexibility index (Phi) is 4.15. The van der Waals surface area contributed by atoms with Crippen molar-refractivity contribution in [1.29, 1.82) is 0 Å². The molecule has 4 nitrogen and oxygen atoms in total. The molecule has 5 heteroatoms. The molecule has 0 aliphatic carbocycles. The maximum atomic E-state index is 5.50. The van der Waals surface area contributed by atoms with Crippen molar-refractivity contribution in [3.8, 4) is 5.88 Å². The molecular weight excluding hydrogens is 246 g/mol. The summed E-state index contributed by atoms with van der Waals surface area (Å²) in [5.41, 5.74) is 3.86. The third-order valence-electron chi connectivity index (χ3n) is 2.60. The normalized spacial score (nSPS) is 12.2. The minimum Gasteiger partial charge on any atom is -0.476 e. The third kappa shape index (κ3) is 2.79. The van der Waals surface area contributed by atoms with Crippen molar-refractivity contribution in [1.82, 2.24) is 9.97 Å². The lowest BCUT2D eigenvalue weighted by atomic mass is 10.2. The van der Waals surface area contributed by atoms with Crippen molar-refractivity contribution in [2.24, 2.45) is 0 Å². The lowest BCUT2D eigenvalue weighted by molar-refractivity contribution is 0.328. The minimum atomic E-state index is 0.195. The fraction of sp³-hybridized carbons (Fsp3) is 0.385. The highest BCUT2D eigenvalue weighted by Crippen LogP contribution is 2.28. The Morgan fingerprint density at radius 1 is 1.44 bits per heavy atom. The van der Waals surface area contributed by atoms with Crippen LogP contribution in [-0.2, 0) is 0 Å². The summed E-state index contributed by atoms with van der Waals surface area (Å²) in [4.78, 5) is 9.74. The van der Waals surface area contributed by atoms with Gasteiger partial charge >= 0.3 is 0 Å². The monoisotopic (exact) mass is 263 g/mol. The van der Waals surface area contributed by atoms with Gasteiger partial charge in [-0.1, -0.05) is 0 Å². The fourth-order valence-corrected chi connectivity index (χ4v) is 2.59. The highest BCUT2D eigenvalue weighted by atomic mass is 32.1. The van der Waals surface area contributed by atoms with Gasteiger partial charge < -0.3 is 10.1 Å². The molecule has 0 bridgehead atoms. The lowest BCUT2D eigenvalue weighted by Gasteiger charge is -2.16. The van der Waals surface area contributed by atoms with Crippen LogP contribution in [0.4, 0.5) is 5.69 Å². The van der Waals surface area contributed by atoms with E-state index < -0.39 is 0 Å². The Balaban J connectivity index is 2.16. The van der Waals surface area contributed by atoms with Gasteiger partial charge in [0.05, 0.1) is 29.5 Å². The second-order valence-electron chi connectivity index (χ2n) is 3.96. The Bertz CT molecular complexity index is 512. The van der Waals surface area contributed by atoms with Gasteiger partial charge in [-0.15, -0.1) is 11.3 Å². The number of nitrogens with zero attached hydrogens (tertiary/aromatic N) is 2. The zero-order valence-corrected chi connectivity index (χ0v) is 11.6. The molecule has 2 aromatic heterocycles. The van der Waals surface area contributed by atoms with Crippen LogP contribution in [0.3, 0.4) is 0 Å². The number of rotatable bonds is 5. The van der Waals surface area contributed by atoms with Gasteiger partial charge in [0.15, 0.2) is 0 Å². The lowest BCUT2D eigenvalue weighted by Crippen LogP contribution is -2.08. The first-order valence-electron chi connectivity index (χ1n) is 5.96. The molecular formula is C13H17N3OS. The molecule has 1 atom stereocenters. The molecule has 18 heavy (non-hydrogen) atoms. The van der Waals surface area contributed by atoms with E-state index in [1.165, 1.54) is 4.88 Å². The maximum Gasteiger partial charge on any atom is 0.237 e. The van der Waals surface area contributed by atoms with Crippen LogP contribution in [0.5, 0.6) is 5.88 Å². The van der Waals surface area contributed by atoms with E-state index in [1.54, 1.807) is 17.5 Å². The molecule has 0 radical (unpaired) electrons. The van der Waals surface area contributed by atoms with Gasteiger partial charge in [0.2, 0.25) is 5.88 Å². The fourth-order valence-electron chi connectivity index (χ4n) is 1.78. The summed E-state index contributed by atoms with van der Waals surface area (Å²) in [6, 6.07) is 4.07. The van der Waals surface area contributed by atoms with Crippen molar-refractivity contribution in [3.63, 3.8) is 0 Å². The largest absolute Gasteiger partial charge is 0.476 e. The summed E-state index contributed by atoms with van der Waals surface area (Å²) < 4.78 is 5.50. The van der Waals surface area contributed by atoms with E-state index in [1.807, 2.05) is 31.5 Å². The van der Waals surface area contributed by atoms with Crippen molar-refractivity contribution in [2.75, 3.05) is 11.9 Å². The molecule has 0 aromatic carbocycles. The number of pyridine rings is 1. The first-order valence-corrected chi connectivity index (χ1v) is 6.84. The number of hydrogen-bond acceptors (Lipinski definition) is 5. The molecule has 2 aromatic rings. The molecule has 96 valence electrons. The maximum absolute atomic E-state index is 5.50. The molecule has 0 aliphatic rings. The molecule has 1 unspecified atom stereocenters. The number of thiazole rings is 1. The van der Waals surface area contributed by atoms with Gasteiger partial charge in [-0.2, -0.15) is 0 Å². The van der Waals surface area contributed by atoms with Crippen LogP contribution in [0.15, 0.2) is 23.8 Å². The Labute approximate surface area is 111 Å². The molecule has 2 heterocycles. The summed E-state index contributed by atoms with van der Waals surface area (Å²) in [5.74, 6) is 0.647. The van der Waals surface area contributed by atoms with Crippen LogP contribution in [0, 0.1) is 6.92 Å². The highest BCUT2D eigenvalue weighted by Gasteiger charge is 2.13. The predicted octanol–water partition coefficient (Wildman–Crippen LogP) is 3.42. The first kappa shape index (κ1) is 12.8. The number of aryl methyl sites for hydroxylation is 1. The average molecular weight is 263 g/mol. The van der Waals surface area contributed by atoms with Crippen molar-refractivity contribution >= 4 is 17.0 Å². The predicted molar refractivity (Wildman–Crippen MR) is 74.3 cm³/mol. The van der Waals surface area contributed by atoms with Crippen LogP contribution >= 0.6 is 11.3 Å². The van der Waals surface area contributed by atoms with Gasteiger partial charge in [0.1, 0.15) is 0 Å². The van der Waals surface area contributed by atoms with Gasteiger partial charge in [0.25, 0.3) is 0 Å². The zero-order valence-electron chi connectivity index (χ0n) is 10.8. The van der Waals surface area contributed by atoms with Crippen molar-refractivity contribution < 1.29 is 4.74 Å². The summed E-state index contributed by atoms with van der Waals surface area (Å²) in [5, 5.41) is 3.42. The molecule has 2 rings (SSSR count). The molecule has 1 N–H and O–H groups in total. The SMILES string of the molecule is CCOc1ncccc1NC(C)c1scnc1C. The Morgan fingerprint density at radius 3 is 2.94 bits per heavy atom. The highest BCUT2D eigenvalue weighted by molar-refractivity contribution is 7.09. The molecule has 0 spiro atoms. The number of hydrogen-bond donors (Lipinski definition) is 1. The van der Waals surface area contributed by atoms with Gasteiger partial charge in [-0.25, -0.2) is 9.97 Å². The topological polar surface area (TPSA) is 47.0 Å². The van der Waals surface area contributed by atoms with E-state index in [0.29, 0.717) is 12.5 Å². The van der Waals surface area contributed by atoms with Gasteiger partial charge in [-0.3, -0.25) is 0 Å². The third-order valence-corrected chi connectivity index (χ3v) is 3.71. The van der Waals surface area contributed by atoms with Crippen LogP contribution < -0.4 is 10.1 Å². The number of anilines is 1. The summed E-state index contributed by atoms with van der Waals surface area (Å²) in [6.07, 6.45) is 1.73. The summed E-state index contributed by atoms with van der Waals surface area (Å²) in [7, 11) is 0. The second-order valence-corrected chi connectivity index (χ2v) is 4.84. The molecule has 0 saturated heterocycles. The zero-order chi connectivity index (χ0) is 13.0. The molecule has 0 aliphatic heterocycles. The van der Waals surface area contributed by atoms with E-state index in [0.717, 1.165) is 11.4 Å². The average Bonchev–Trinajstić information content (AvgIpc) is 2.78. The van der Waals surface area contributed by atoms with Crippen LogP contribution in [0.25, 0.3) is 0 Å². The van der Waals surface area contributed by atoms with E-state index in [9.17, 15) is 0 Å². The molecule has 0 saturated carbocycles. The van der Waals surface area contributed by atoms with E-state index in [4.69, 9.17) is 4.74 Å². The van der Waals surface area contributed by atoms with Crippen LogP contribution in [0.1, 0.15) is 30.5 Å². The van der Waals surface area contributed by atoms with Gasteiger partial charge in [-0.05, 0) is 32.9 Å². The number of ether oxygens (including phenoxy) is 1. The number of aromatic nitrogens is 2. The Hall–Kier alpha value is -1.62. The number of nitrogens with one attached hydrogen (secondary N) is 1. The van der Waals surface area contributed by atoms with Gasteiger partial charge in [0, 0.05) is 11.1 Å². The van der Waals surface area contributed by atoms with Crippen molar-refractivity contribution in [3.05, 3.63) is 34.4 Å². The molecule has 0 amide bonds. The second kappa shape index (κ2) is 5.82. The molecule has 0 fully saturated rings. The van der Waals surface area contributed by atoms with Crippen LogP contribution in [0.2, 0.25) is 0 Å². The van der Waals surface area contributed by atoms with Crippen LogP contribution in [-0.4, -0.2) is 16.6 Å². The smallest absolute Gasteiger partial charge is 0.237 e.